The second kappa shape index (κ2) is 8.71. The van der Waals surface area contributed by atoms with Crippen molar-refractivity contribution in [1.82, 2.24) is 0 Å². The molecule has 1 aliphatic rings. The fraction of sp³-hybridized carbons (Fsp3) is 0.231. The zero-order chi connectivity index (χ0) is 20.2. The summed E-state index contributed by atoms with van der Waals surface area (Å²) in [6.45, 7) is 2.23. The highest BCUT2D eigenvalue weighted by atomic mass is 32.1. The number of hydrogen-bond acceptors (Lipinski definition) is 3. The van der Waals surface area contributed by atoms with E-state index in [4.69, 9.17) is 0 Å². The second-order valence-corrected chi connectivity index (χ2v) is 8.66. The zero-order valence-corrected chi connectivity index (χ0v) is 17.4. The maximum Gasteiger partial charge on any atom is 0.194 e. The minimum Gasteiger partial charge on any atom is -0.289 e. The third kappa shape index (κ3) is 4.15. The van der Waals surface area contributed by atoms with Gasteiger partial charge in [-0.2, -0.15) is 0 Å². The molecular formula is C26H24O2S. The second-order valence-electron chi connectivity index (χ2n) is 7.46. The first kappa shape index (κ1) is 19.5. The molecule has 1 heterocycles. The summed E-state index contributed by atoms with van der Waals surface area (Å²) in [5.74, 6) is -0.146. The number of aryl methyl sites for hydroxylation is 1. The van der Waals surface area contributed by atoms with E-state index in [1.807, 2.05) is 29.5 Å². The van der Waals surface area contributed by atoms with Crippen LogP contribution in [0.2, 0.25) is 0 Å². The number of ketones is 2. The lowest BCUT2D eigenvalue weighted by molar-refractivity contribution is 0.0979. The highest BCUT2D eigenvalue weighted by molar-refractivity contribution is 7.12. The molecule has 0 spiro atoms. The van der Waals surface area contributed by atoms with Crippen LogP contribution in [0.1, 0.15) is 79.8 Å². The van der Waals surface area contributed by atoms with Gasteiger partial charge in [0.05, 0.1) is 0 Å². The molecule has 0 bridgehead atoms. The first-order valence-corrected chi connectivity index (χ1v) is 11.1. The molecule has 0 atom stereocenters. The molecule has 0 saturated heterocycles. The lowest BCUT2D eigenvalue weighted by atomic mass is 9.83. The predicted molar refractivity (Wildman–Crippen MR) is 121 cm³/mol. The largest absolute Gasteiger partial charge is 0.289 e. The van der Waals surface area contributed by atoms with Crippen molar-refractivity contribution in [2.24, 2.45) is 0 Å². The molecule has 2 aromatic carbocycles. The summed E-state index contributed by atoms with van der Waals surface area (Å²) in [5, 5.41) is 0. The van der Waals surface area contributed by atoms with Gasteiger partial charge in [0.1, 0.15) is 0 Å². The van der Waals surface area contributed by atoms with Gasteiger partial charge in [-0.1, -0.05) is 62.6 Å². The van der Waals surface area contributed by atoms with E-state index in [1.165, 1.54) is 35.4 Å². The maximum atomic E-state index is 12.9. The van der Waals surface area contributed by atoms with Crippen LogP contribution in [0.25, 0.3) is 12.2 Å². The molecule has 0 radical (unpaired) electrons. The van der Waals surface area contributed by atoms with Crippen LogP contribution in [-0.4, -0.2) is 11.6 Å². The molecule has 0 unspecified atom stereocenters. The van der Waals surface area contributed by atoms with Gasteiger partial charge in [-0.25, -0.2) is 0 Å². The molecular weight excluding hydrogens is 376 g/mol. The number of hydrogen-bond donors (Lipinski definition) is 0. The number of thiophene rings is 1. The van der Waals surface area contributed by atoms with E-state index < -0.39 is 0 Å². The summed E-state index contributed by atoms with van der Waals surface area (Å²) in [5.41, 5.74) is 2.92. The Morgan fingerprint density at radius 1 is 0.759 bits per heavy atom. The van der Waals surface area contributed by atoms with Crippen LogP contribution >= 0.6 is 11.3 Å². The molecule has 0 saturated carbocycles. The first-order valence-electron chi connectivity index (χ1n) is 10.3. The number of benzene rings is 2. The van der Waals surface area contributed by atoms with Crippen LogP contribution in [0.4, 0.5) is 0 Å². The summed E-state index contributed by atoms with van der Waals surface area (Å²) in [7, 11) is 0. The fourth-order valence-electron chi connectivity index (χ4n) is 3.74. The minimum atomic E-state index is -0.0732. The standard InChI is InChI=1S/C26H24O2S/c1-2-3-4-5-8-19-14-15-20(29-19)13-11-18-12-16-23-24(17-18)26(28)22-10-7-6-9-21(22)25(23)27/h6-7,9-17H,2-5,8H2,1H3/b13-11+. The van der Waals surface area contributed by atoms with Crippen molar-refractivity contribution in [3.8, 4) is 0 Å². The quantitative estimate of drug-likeness (QED) is 0.319. The average molecular weight is 401 g/mol. The van der Waals surface area contributed by atoms with Crippen LogP contribution < -0.4 is 0 Å². The Morgan fingerprint density at radius 3 is 2.24 bits per heavy atom. The summed E-state index contributed by atoms with van der Waals surface area (Å²) in [6, 6.07) is 16.9. The van der Waals surface area contributed by atoms with Crippen LogP contribution in [-0.2, 0) is 6.42 Å². The summed E-state index contributed by atoms with van der Waals surface area (Å²) >= 11 is 1.82. The zero-order valence-electron chi connectivity index (χ0n) is 16.6. The van der Waals surface area contributed by atoms with Crippen molar-refractivity contribution in [2.75, 3.05) is 0 Å². The van der Waals surface area contributed by atoms with Crippen molar-refractivity contribution in [3.05, 3.63) is 92.2 Å². The van der Waals surface area contributed by atoms with Crippen molar-refractivity contribution in [3.63, 3.8) is 0 Å². The van der Waals surface area contributed by atoms with Gasteiger partial charge in [-0.15, -0.1) is 11.3 Å². The van der Waals surface area contributed by atoms with E-state index >= 15 is 0 Å². The predicted octanol–water partition coefficient (Wildman–Crippen LogP) is 6.82. The molecule has 1 aromatic heterocycles. The van der Waals surface area contributed by atoms with Crippen LogP contribution in [0, 0.1) is 0 Å². The smallest absolute Gasteiger partial charge is 0.194 e. The summed E-state index contributed by atoms with van der Waals surface area (Å²) in [6.07, 6.45) is 10.4. The lowest BCUT2D eigenvalue weighted by Crippen LogP contribution is -2.20. The molecule has 0 N–H and O–H groups in total. The van der Waals surface area contributed by atoms with E-state index in [2.05, 4.69) is 25.1 Å². The molecule has 1 aliphatic carbocycles. The molecule has 4 rings (SSSR count). The van der Waals surface area contributed by atoms with Crippen LogP contribution in [0.3, 0.4) is 0 Å². The number of fused-ring (bicyclic) bond motifs is 2. The number of carbonyl (C=O) groups is 2. The molecule has 0 aliphatic heterocycles. The fourth-order valence-corrected chi connectivity index (χ4v) is 4.70. The Balaban J connectivity index is 1.51. The van der Waals surface area contributed by atoms with E-state index in [0.29, 0.717) is 22.3 Å². The monoisotopic (exact) mass is 400 g/mol. The number of rotatable bonds is 7. The Morgan fingerprint density at radius 2 is 1.48 bits per heavy atom. The Labute approximate surface area is 175 Å². The molecule has 0 amide bonds. The van der Waals surface area contributed by atoms with Crippen LogP contribution in [0.15, 0.2) is 54.6 Å². The molecule has 0 fully saturated rings. The number of unbranched alkanes of at least 4 members (excludes halogenated alkanes) is 3. The molecule has 3 aromatic rings. The highest BCUT2D eigenvalue weighted by Crippen LogP contribution is 2.28. The maximum absolute atomic E-state index is 12.9. The van der Waals surface area contributed by atoms with E-state index in [-0.39, 0.29) is 11.6 Å². The summed E-state index contributed by atoms with van der Waals surface area (Å²) in [4.78, 5) is 28.2. The first-order chi connectivity index (χ1) is 14.2. The van der Waals surface area contributed by atoms with Gasteiger partial charge < -0.3 is 0 Å². The third-order valence-corrected chi connectivity index (χ3v) is 6.46. The van der Waals surface area contributed by atoms with Crippen molar-refractivity contribution < 1.29 is 9.59 Å². The van der Waals surface area contributed by atoms with E-state index in [0.717, 1.165) is 12.0 Å². The highest BCUT2D eigenvalue weighted by Gasteiger charge is 2.29. The van der Waals surface area contributed by atoms with Crippen LogP contribution in [0.5, 0.6) is 0 Å². The van der Waals surface area contributed by atoms with Crippen molar-refractivity contribution in [2.45, 2.75) is 39.0 Å². The van der Waals surface area contributed by atoms with E-state index in [9.17, 15) is 9.59 Å². The molecule has 146 valence electrons. The van der Waals surface area contributed by atoms with Gasteiger partial charge in [-0.3, -0.25) is 9.59 Å². The topological polar surface area (TPSA) is 34.1 Å². The normalized spacial score (nSPS) is 13.0. The molecule has 3 heteroatoms. The van der Waals surface area contributed by atoms with Gasteiger partial charge in [0.15, 0.2) is 11.6 Å². The van der Waals surface area contributed by atoms with Crippen molar-refractivity contribution >= 4 is 35.1 Å². The Kier molecular flexibility index (Phi) is 5.86. The van der Waals surface area contributed by atoms with Gasteiger partial charge >= 0.3 is 0 Å². The Hall–Kier alpha value is -2.78. The van der Waals surface area contributed by atoms with Gasteiger partial charge in [0.2, 0.25) is 0 Å². The molecule has 29 heavy (non-hydrogen) atoms. The van der Waals surface area contributed by atoms with Crippen molar-refractivity contribution in [1.29, 1.82) is 0 Å². The van der Waals surface area contributed by atoms with Gasteiger partial charge in [-0.05, 0) is 48.7 Å². The van der Waals surface area contributed by atoms with Gasteiger partial charge in [0, 0.05) is 32.0 Å². The average Bonchev–Trinajstić information content (AvgIpc) is 3.21. The lowest BCUT2D eigenvalue weighted by Gasteiger charge is -2.17. The summed E-state index contributed by atoms with van der Waals surface area (Å²) < 4.78 is 0. The SMILES string of the molecule is CCCCCCc1ccc(/C=C/c2ccc3c(c2)C(=O)c2ccccc2C3=O)s1. The van der Waals surface area contributed by atoms with E-state index in [1.54, 1.807) is 30.3 Å². The Bertz CT molecular complexity index is 1090. The number of carbonyl (C=O) groups excluding carboxylic acids is 2. The third-order valence-electron chi connectivity index (χ3n) is 5.35. The van der Waals surface area contributed by atoms with Gasteiger partial charge in [0.25, 0.3) is 0 Å². The molecule has 2 nitrogen and oxygen atoms in total. The minimum absolute atomic E-state index is 0.0725.